The minimum atomic E-state index is 0.530. The zero-order valence-corrected chi connectivity index (χ0v) is 21.5. The van der Waals surface area contributed by atoms with Crippen molar-refractivity contribution in [3.63, 3.8) is 0 Å². The third-order valence-electron chi connectivity index (χ3n) is 6.11. The second-order valence-electron chi connectivity index (χ2n) is 8.96. The van der Waals surface area contributed by atoms with Crippen LogP contribution in [0.3, 0.4) is 0 Å². The molecule has 0 aliphatic heterocycles. The Balaban J connectivity index is 1.47. The molecule has 2 heterocycles. The topological polar surface area (TPSA) is 59.7 Å². The van der Waals surface area contributed by atoms with E-state index in [1.165, 1.54) is 22.3 Å². The Hall–Kier alpha value is -3.45. The summed E-state index contributed by atoms with van der Waals surface area (Å²) in [6.45, 7) is 13.8. The van der Waals surface area contributed by atoms with Crippen LogP contribution >= 0.6 is 12.2 Å². The molecule has 0 unspecified atom stereocenters. The van der Waals surface area contributed by atoms with E-state index in [2.05, 4.69) is 86.9 Å². The van der Waals surface area contributed by atoms with Crippen molar-refractivity contribution in [1.29, 1.82) is 0 Å². The second-order valence-corrected chi connectivity index (χ2v) is 9.37. The molecule has 0 bridgehead atoms. The van der Waals surface area contributed by atoms with Gasteiger partial charge in [0.25, 0.3) is 0 Å². The lowest BCUT2D eigenvalue weighted by Gasteiger charge is -2.12. The number of rotatable bonds is 6. The monoisotopic (exact) mass is 472 g/mol. The molecule has 0 amide bonds. The van der Waals surface area contributed by atoms with Crippen molar-refractivity contribution >= 4 is 28.7 Å². The van der Waals surface area contributed by atoms with Crippen molar-refractivity contribution in [2.75, 3.05) is 10.6 Å². The Morgan fingerprint density at radius 1 is 0.706 bits per heavy atom. The fourth-order valence-corrected chi connectivity index (χ4v) is 4.38. The van der Waals surface area contributed by atoms with E-state index in [4.69, 9.17) is 22.4 Å². The van der Waals surface area contributed by atoms with E-state index in [0.29, 0.717) is 5.11 Å². The first kappa shape index (κ1) is 23.7. The summed E-state index contributed by atoms with van der Waals surface area (Å²) in [4.78, 5) is 0. The molecule has 2 N–H and O–H groups in total. The predicted octanol–water partition coefficient (Wildman–Crippen LogP) is 5.84. The van der Waals surface area contributed by atoms with Crippen LogP contribution in [0, 0.1) is 41.5 Å². The average Bonchev–Trinajstić information content (AvgIpc) is 3.19. The molecule has 0 spiro atoms. The molecule has 0 atom stereocenters. The summed E-state index contributed by atoms with van der Waals surface area (Å²) in [7, 11) is 0. The molecule has 176 valence electrons. The van der Waals surface area contributed by atoms with Gasteiger partial charge in [-0.15, -0.1) is 0 Å². The molecule has 0 saturated carbocycles. The molecule has 2 aromatic carbocycles. The summed E-state index contributed by atoms with van der Waals surface area (Å²) in [6, 6.07) is 17.0. The molecule has 7 heteroatoms. The SMILES string of the molecule is Cc1ccc(Cn2nc(C)c(NC(=S)Nc3c(C)nn(Cc4cccc(C)c4)c3C)c2C)cc1. The van der Waals surface area contributed by atoms with Crippen LogP contribution in [-0.2, 0) is 13.1 Å². The number of hydrogen-bond donors (Lipinski definition) is 2. The van der Waals surface area contributed by atoms with Gasteiger partial charge < -0.3 is 10.6 Å². The minimum absolute atomic E-state index is 0.530. The van der Waals surface area contributed by atoms with Gasteiger partial charge in [-0.05, 0) is 64.9 Å². The van der Waals surface area contributed by atoms with Crippen LogP contribution < -0.4 is 10.6 Å². The van der Waals surface area contributed by atoms with Gasteiger partial charge in [0.2, 0.25) is 0 Å². The number of nitrogens with zero attached hydrogens (tertiary/aromatic N) is 4. The lowest BCUT2D eigenvalue weighted by Crippen LogP contribution is -2.21. The highest BCUT2D eigenvalue weighted by atomic mass is 32.1. The quantitative estimate of drug-likeness (QED) is 0.346. The van der Waals surface area contributed by atoms with Crippen LogP contribution in [0.25, 0.3) is 0 Å². The van der Waals surface area contributed by atoms with Gasteiger partial charge in [-0.3, -0.25) is 9.36 Å². The summed E-state index contributed by atoms with van der Waals surface area (Å²) in [5.74, 6) is 0. The van der Waals surface area contributed by atoms with Gasteiger partial charge in [0.15, 0.2) is 5.11 Å². The molecule has 0 fully saturated rings. The van der Waals surface area contributed by atoms with Crippen molar-refractivity contribution in [3.05, 3.63) is 93.6 Å². The lowest BCUT2D eigenvalue weighted by molar-refractivity contribution is 0.659. The molecule has 0 aliphatic carbocycles. The number of anilines is 2. The molecule has 0 radical (unpaired) electrons. The summed E-state index contributed by atoms with van der Waals surface area (Å²) in [5.41, 5.74) is 10.7. The molecule has 4 aromatic rings. The molecular formula is C27H32N6S. The van der Waals surface area contributed by atoms with Crippen LogP contribution in [0.5, 0.6) is 0 Å². The Bertz CT molecular complexity index is 1330. The van der Waals surface area contributed by atoms with E-state index in [1.807, 2.05) is 23.2 Å². The van der Waals surface area contributed by atoms with Gasteiger partial charge in [0.1, 0.15) is 0 Å². The Morgan fingerprint density at radius 2 is 1.24 bits per heavy atom. The Labute approximate surface area is 207 Å². The number of hydrogen-bond acceptors (Lipinski definition) is 3. The van der Waals surface area contributed by atoms with E-state index in [1.54, 1.807) is 0 Å². The highest BCUT2D eigenvalue weighted by Crippen LogP contribution is 2.24. The first-order chi connectivity index (χ1) is 16.2. The molecular weight excluding hydrogens is 440 g/mol. The Morgan fingerprint density at radius 3 is 1.76 bits per heavy atom. The second kappa shape index (κ2) is 9.81. The number of benzene rings is 2. The third kappa shape index (κ3) is 5.20. The normalized spacial score (nSPS) is 11.0. The van der Waals surface area contributed by atoms with Crippen LogP contribution in [-0.4, -0.2) is 24.7 Å². The predicted molar refractivity (Wildman–Crippen MR) is 144 cm³/mol. The van der Waals surface area contributed by atoms with Crippen molar-refractivity contribution in [3.8, 4) is 0 Å². The fourth-order valence-electron chi connectivity index (χ4n) is 4.17. The van der Waals surface area contributed by atoms with Gasteiger partial charge >= 0.3 is 0 Å². The Kier molecular flexibility index (Phi) is 6.84. The van der Waals surface area contributed by atoms with E-state index in [9.17, 15) is 0 Å². The van der Waals surface area contributed by atoms with Crippen LogP contribution in [0.1, 0.15) is 45.0 Å². The maximum atomic E-state index is 5.67. The van der Waals surface area contributed by atoms with Crippen LogP contribution in [0.2, 0.25) is 0 Å². The van der Waals surface area contributed by atoms with Gasteiger partial charge in [0.05, 0.1) is 47.2 Å². The van der Waals surface area contributed by atoms with Crippen molar-refractivity contribution in [2.24, 2.45) is 0 Å². The zero-order valence-electron chi connectivity index (χ0n) is 20.7. The van der Waals surface area contributed by atoms with Gasteiger partial charge in [0, 0.05) is 0 Å². The largest absolute Gasteiger partial charge is 0.329 e. The molecule has 0 saturated heterocycles. The molecule has 0 aliphatic rings. The number of aromatic nitrogens is 4. The first-order valence-corrected chi connectivity index (χ1v) is 11.9. The number of nitrogens with one attached hydrogen (secondary N) is 2. The maximum absolute atomic E-state index is 5.67. The zero-order chi connectivity index (χ0) is 24.4. The van der Waals surface area contributed by atoms with E-state index >= 15 is 0 Å². The van der Waals surface area contributed by atoms with Gasteiger partial charge in [-0.1, -0.05) is 59.7 Å². The van der Waals surface area contributed by atoms with Crippen molar-refractivity contribution < 1.29 is 0 Å². The smallest absolute Gasteiger partial charge is 0.175 e. The van der Waals surface area contributed by atoms with Gasteiger partial charge in [-0.2, -0.15) is 10.2 Å². The molecule has 34 heavy (non-hydrogen) atoms. The molecule has 4 rings (SSSR count). The van der Waals surface area contributed by atoms with Crippen molar-refractivity contribution in [2.45, 2.75) is 54.6 Å². The van der Waals surface area contributed by atoms with E-state index < -0.39 is 0 Å². The summed E-state index contributed by atoms with van der Waals surface area (Å²) >= 11 is 5.67. The standard InChI is InChI=1S/C27H32N6S/c1-17-10-12-23(13-11-17)15-32-21(5)25(19(3)30-32)28-27(34)29-26-20(4)31-33(22(26)6)16-24-9-7-8-18(2)14-24/h7-14H,15-16H2,1-6H3,(H2,28,29,34). The number of thiocarbonyl (C=S) groups is 1. The minimum Gasteiger partial charge on any atom is -0.329 e. The van der Waals surface area contributed by atoms with E-state index in [0.717, 1.165) is 47.2 Å². The third-order valence-corrected chi connectivity index (χ3v) is 6.31. The summed E-state index contributed by atoms with van der Waals surface area (Å²) in [5, 5.41) is 16.7. The molecule has 2 aromatic heterocycles. The first-order valence-electron chi connectivity index (χ1n) is 11.5. The average molecular weight is 473 g/mol. The van der Waals surface area contributed by atoms with Crippen LogP contribution in [0.15, 0.2) is 48.5 Å². The maximum Gasteiger partial charge on any atom is 0.175 e. The fraction of sp³-hybridized carbons (Fsp3) is 0.296. The highest BCUT2D eigenvalue weighted by Gasteiger charge is 2.16. The van der Waals surface area contributed by atoms with E-state index in [-0.39, 0.29) is 0 Å². The lowest BCUT2D eigenvalue weighted by atomic mass is 10.1. The number of aryl methyl sites for hydroxylation is 4. The van der Waals surface area contributed by atoms with Crippen molar-refractivity contribution in [1.82, 2.24) is 19.6 Å². The summed E-state index contributed by atoms with van der Waals surface area (Å²) < 4.78 is 4.03. The molecule has 6 nitrogen and oxygen atoms in total. The van der Waals surface area contributed by atoms with Crippen LogP contribution in [0.4, 0.5) is 11.4 Å². The summed E-state index contributed by atoms with van der Waals surface area (Å²) in [6.07, 6.45) is 0. The highest BCUT2D eigenvalue weighted by molar-refractivity contribution is 7.80. The van der Waals surface area contributed by atoms with Gasteiger partial charge in [-0.25, -0.2) is 0 Å².